The first-order chi connectivity index (χ1) is 8.86. The van der Waals surface area contributed by atoms with E-state index < -0.39 is 0 Å². The summed E-state index contributed by atoms with van der Waals surface area (Å²) in [6.45, 7) is 9.47. The van der Waals surface area contributed by atoms with Crippen molar-refractivity contribution in [1.29, 1.82) is 0 Å². The van der Waals surface area contributed by atoms with Gasteiger partial charge in [0.05, 0.1) is 0 Å². The van der Waals surface area contributed by atoms with Crippen LogP contribution in [-0.4, -0.2) is 24.5 Å². The zero-order valence-electron chi connectivity index (χ0n) is 12.1. The summed E-state index contributed by atoms with van der Waals surface area (Å²) in [5.74, 6) is 0. The van der Waals surface area contributed by atoms with E-state index in [2.05, 4.69) is 53.9 Å². The Morgan fingerprint density at radius 2 is 1.33 bits per heavy atom. The Hall–Kier alpha value is -0.890. The molecule has 18 heavy (non-hydrogen) atoms. The Morgan fingerprint density at radius 3 is 1.89 bits per heavy atom. The smallest absolute Gasteiger partial charge is 0.168 e. The highest BCUT2D eigenvalue weighted by Gasteiger charge is 2.05. The molecule has 0 radical (unpaired) electrons. The number of aromatic nitrogens is 1. The predicted octanol–water partition coefficient (Wildman–Crippen LogP) is 3.27. The van der Waals surface area contributed by atoms with Gasteiger partial charge >= 0.3 is 0 Å². The molecule has 1 aromatic heterocycles. The summed E-state index contributed by atoms with van der Waals surface area (Å²) >= 11 is 0. The van der Waals surface area contributed by atoms with Gasteiger partial charge in [-0.1, -0.05) is 32.8 Å². The van der Waals surface area contributed by atoms with E-state index in [0.29, 0.717) is 0 Å². The minimum Gasteiger partial charge on any atom is -0.303 e. The van der Waals surface area contributed by atoms with Gasteiger partial charge in [0, 0.05) is 25.1 Å². The van der Waals surface area contributed by atoms with Gasteiger partial charge in [-0.2, -0.15) is 0 Å². The number of hydrogen-bond acceptors (Lipinski definition) is 1. The molecule has 0 atom stereocenters. The SMILES string of the molecule is CCCCN(CCCC)CCC[n+]1ccccc1. The quantitative estimate of drug-likeness (QED) is 0.577. The topological polar surface area (TPSA) is 7.12 Å². The number of nitrogens with zero attached hydrogens (tertiary/aromatic N) is 2. The van der Waals surface area contributed by atoms with Gasteiger partial charge in [-0.3, -0.25) is 0 Å². The van der Waals surface area contributed by atoms with Gasteiger partial charge < -0.3 is 4.90 Å². The van der Waals surface area contributed by atoms with E-state index in [1.54, 1.807) is 0 Å². The van der Waals surface area contributed by atoms with Gasteiger partial charge in [-0.15, -0.1) is 0 Å². The summed E-state index contributed by atoms with van der Waals surface area (Å²) in [6.07, 6.45) is 10.8. The third-order valence-corrected chi connectivity index (χ3v) is 3.32. The van der Waals surface area contributed by atoms with E-state index in [1.807, 2.05) is 0 Å². The molecule has 1 rings (SSSR count). The van der Waals surface area contributed by atoms with Crippen LogP contribution in [-0.2, 0) is 6.54 Å². The average molecular weight is 249 g/mol. The second-order valence-corrected chi connectivity index (χ2v) is 5.02. The molecule has 1 heterocycles. The molecule has 0 bridgehead atoms. The fraction of sp³-hybridized carbons (Fsp3) is 0.688. The number of hydrogen-bond donors (Lipinski definition) is 0. The first kappa shape index (κ1) is 15.2. The number of pyridine rings is 1. The molecule has 0 aliphatic carbocycles. The van der Waals surface area contributed by atoms with Crippen LogP contribution in [0, 0.1) is 0 Å². The van der Waals surface area contributed by atoms with Crippen LogP contribution in [0.4, 0.5) is 0 Å². The minimum atomic E-state index is 1.13. The Kier molecular flexibility index (Phi) is 8.49. The molecule has 0 aromatic carbocycles. The van der Waals surface area contributed by atoms with Crippen molar-refractivity contribution in [2.24, 2.45) is 0 Å². The predicted molar refractivity (Wildman–Crippen MR) is 77.5 cm³/mol. The van der Waals surface area contributed by atoms with Gasteiger partial charge in [0.15, 0.2) is 12.4 Å². The summed E-state index contributed by atoms with van der Waals surface area (Å²) < 4.78 is 2.28. The first-order valence-corrected chi connectivity index (χ1v) is 7.53. The number of rotatable bonds is 10. The van der Waals surface area contributed by atoms with Crippen molar-refractivity contribution in [3.8, 4) is 0 Å². The highest BCUT2D eigenvalue weighted by atomic mass is 15.1. The van der Waals surface area contributed by atoms with Crippen molar-refractivity contribution in [2.75, 3.05) is 19.6 Å². The lowest BCUT2D eigenvalue weighted by atomic mass is 10.2. The Bertz CT molecular complexity index is 276. The fourth-order valence-corrected chi connectivity index (χ4v) is 2.16. The molecule has 102 valence electrons. The summed E-state index contributed by atoms with van der Waals surface area (Å²) in [4.78, 5) is 2.64. The molecule has 0 saturated heterocycles. The molecule has 0 amide bonds. The van der Waals surface area contributed by atoms with Crippen molar-refractivity contribution < 1.29 is 4.57 Å². The fourth-order valence-electron chi connectivity index (χ4n) is 2.16. The average Bonchev–Trinajstić information content (AvgIpc) is 2.42. The van der Waals surface area contributed by atoms with Crippen molar-refractivity contribution >= 4 is 0 Å². The van der Waals surface area contributed by atoms with E-state index in [9.17, 15) is 0 Å². The van der Waals surface area contributed by atoms with Crippen molar-refractivity contribution in [3.63, 3.8) is 0 Å². The van der Waals surface area contributed by atoms with Gasteiger partial charge in [0.2, 0.25) is 0 Å². The van der Waals surface area contributed by atoms with Crippen LogP contribution in [0.1, 0.15) is 46.0 Å². The number of aryl methyl sites for hydroxylation is 1. The van der Waals surface area contributed by atoms with Crippen molar-refractivity contribution in [2.45, 2.75) is 52.5 Å². The molecule has 0 spiro atoms. The summed E-state index contributed by atoms with van der Waals surface area (Å²) in [5.41, 5.74) is 0. The molecule has 1 aromatic rings. The van der Waals surface area contributed by atoms with Crippen LogP contribution in [0.2, 0.25) is 0 Å². The first-order valence-electron chi connectivity index (χ1n) is 7.53. The van der Waals surface area contributed by atoms with Crippen molar-refractivity contribution in [1.82, 2.24) is 4.90 Å². The summed E-state index contributed by atoms with van der Waals surface area (Å²) in [6, 6.07) is 6.28. The lowest BCUT2D eigenvalue weighted by molar-refractivity contribution is -0.697. The third-order valence-electron chi connectivity index (χ3n) is 3.32. The normalized spacial score (nSPS) is 11.1. The zero-order valence-corrected chi connectivity index (χ0v) is 12.1. The van der Waals surface area contributed by atoms with E-state index >= 15 is 0 Å². The maximum atomic E-state index is 2.64. The molecule has 2 heteroatoms. The molecular weight excluding hydrogens is 220 g/mol. The highest BCUT2D eigenvalue weighted by molar-refractivity contribution is 4.83. The lowest BCUT2D eigenvalue weighted by Gasteiger charge is -2.21. The van der Waals surface area contributed by atoms with Crippen molar-refractivity contribution in [3.05, 3.63) is 30.6 Å². The standard InChI is InChI=1S/C16H29N2/c1-3-5-11-17(12-6-4-2)15-10-16-18-13-8-7-9-14-18/h7-9,13-14H,3-6,10-12,15-16H2,1-2H3/q+1. The Balaban J connectivity index is 2.23. The highest BCUT2D eigenvalue weighted by Crippen LogP contribution is 2.00. The summed E-state index contributed by atoms with van der Waals surface area (Å²) in [7, 11) is 0. The molecule has 0 N–H and O–H groups in total. The minimum absolute atomic E-state index is 1.13. The molecular formula is C16H29N2+. The van der Waals surface area contributed by atoms with Crippen LogP contribution in [0.3, 0.4) is 0 Å². The Morgan fingerprint density at radius 1 is 0.778 bits per heavy atom. The Labute approximate surface area is 113 Å². The van der Waals surface area contributed by atoms with Crippen LogP contribution in [0.25, 0.3) is 0 Å². The third kappa shape index (κ3) is 6.75. The summed E-state index contributed by atoms with van der Waals surface area (Å²) in [5, 5.41) is 0. The molecule has 2 nitrogen and oxygen atoms in total. The van der Waals surface area contributed by atoms with Gasteiger partial charge in [0.1, 0.15) is 6.54 Å². The van der Waals surface area contributed by atoms with Crippen LogP contribution >= 0.6 is 0 Å². The largest absolute Gasteiger partial charge is 0.303 e. The van der Waals surface area contributed by atoms with Gasteiger partial charge in [-0.25, -0.2) is 4.57 Å². The van der Waals surface area contributed by atoms with Crippen LogP contribution in [0.15, 0.2) is 30.6 Å². The molecule has 0 aliphatic heterocycles. The lowest BCUT2D eigenvalue weighted by Crippen LogP contribution is -2.35. The molecule has 0 unspecified atom stereocenters. The van der Waals surface area contributed by atoms with E-state index in [-0.39, 0.29) is 0 Å². The molecule has 0 saturated carbocycles. The van der Waals surface area contributed by atoms with Gasteiger partial charge in [-0.05, 0) is 25.9 Å². The molecule has 0 aliphatic rings. The van der Waals surface area contributed by atoms with Crippen LogP contribution in [0.5, 0.6) is 0 Å². The van der Waals surface area contributed by atoms with E-state index in [1.165, 1.54) is 51.7 Å². The van der Waals surface area contributed by atoms with E-state index in [0.717, 1.165) is 6.54 Å². The molecule has 0 fully saturated rings. The maximum absolute atomic E-state index is 2.64. The second kappa shape index (κ2) is 10.1. The van der Waals surface area contributed by atoms with Crippen LogP contribution < -0.4 is 4.57 Å². The number of unbranched alkanes of at least 4 members (excludes halogenated alkanes) is 2. The van der Waals surface area contributed by atoms with E-state index in [4.69, 9.17) is 0 Å². The second-order valence-electron chi connectivity index (χ2n) is 5.02. The zero-order chi connectivity index (χ0) is 13.1. The monoisotopic (exact) mass is 249 g/mol. The maximum Gasteiger partial charge on any atom is 0.168 e. The van der Waals surface area contributed by atoms with Gasteiger partial charge in [0.25, 0.3) is 0 Å².